The summed E-state index contributed by atoms with van der Waals surface area (Å²) in [7, 11) is -3.11. The Labute approximate surface area is 142 Å². The normalized spacial score (nSPS) is 25.4. The van der Waals surface area contributed by atoms with E-state index in [1.165, 1.54) is 16.2 Å². The van der Waals surface area contributed by atoms with E-state index in [0.29, 0.717) is 10.2 Å². The summed E-state index contributed by atoms with van der Waals surface area (Å²) in [6, 6.07) is 6.25. The van der Waals surface area contributed by atoms with Gasteiger partial charge < -0.3 is 5.32 Å². The van der Waals surface area contributed by atoms with Crippen molar-refractivity contribution < 1.29 is 13.2 Å². The number of rotatable bonds is 2. The van der Waals surface area contributed by atoms with Crippen LogP contribution in [0, 0.1) is 0 Å². The van der Waals surface area contributed by atoms with E-state index in [0.717, 1.165) is 11.3 Å². The monoisotopic (exact) mass is 369 g/mol. The Balaban J connectivity index is 1.66. The van der Waals surface area contributed by atoms with Gasteiger partial charge in [-0.25, -0.2) is 18.2 Å². The van der Waals surface area contributed by atoms with Crippen LogP contribution in [0.25, 0.3) is 11.3 Å². The van der Waals surface area contributed by atoms with Crippen molar-refractivity contribution >= 4 is 43.9 Å². The second-order valence-electron chi connectivity index (χ2n) is 5.59. The van der Waals surface area contributed by atoms with Gasteiger partial charge in [-0.15, -0.1) is 11.3 Å². The van der Waals surface area contributed by atoms with Gasteiger partial charge >= 0.3 is 6.03 Å². The number of nitrogens with one attached hydrogen (secondary N) is 1. The van der Waals surface area contributed by atoms with Crippen molar-refractivity contribution in [3.05, 3.63) is 34.7 Å². The Hall–Kier alpha value is -1.64. The van der Waals surface area contributed by atoms with Crippen molar-refractivity contribution in [2.24, 2.45) is 0 Å². The topological polar surface area (TPSA) is 79.4 Å². The van der Waals surface area contributed by atoms with Gasteiger partial charge in [0.15, 0.2) is 15.0 Å². The standard InChI is InChI=1S/C14H12ClN3O3S2/c15-9-3-1-8(2-4-9)10-5-22-14(17-10)18-12-7-23(20,21)6-11(12)16-13(18)19/h1-5,11-12H,6-7H2,(H,16,19)/t11-,12+/m1/s1. The first kappa shape index (κ1) is 14.9. The summed E-state index contributed by atoms with van der Waals surface area (Å²) in [5, 5.41) is 5.74. The Morgan fingerprint density at radius 2 is 2.00 bits per heavy atom. The smallest absolute Gasteiger partial charge is 0.324 e. The molecule has 2 atom stereocenters. The van der Waals surface area contributed by atoms with Crippen LogP contribution < -0.4 is 10.2 Å². The minimum atomic E-state index is -3.11. The Morgan fingerprint density at radius 1 is 1.26 bits per heavy atom. The zero-order valence-electron chi connectivity index (χ0n) is 11.8. The van der Waals surface area contributed by atoms with Crippen molar-refractivity contribution in [3.8, 4) is 11.3 Å². The Kier molecular flexibility index (Phi) is 3.36. The number of carbonyl (C=O) groups is 1. The molecule has 0 unspecified atom stereocenters. The Morgan fingerprint density at radius 3 is 2.74 bits per heavy atom. The zero-order valence-corrected chi connectivity index (χ0v) is 14.2. The lowest BCUT2D eigenvalue weighted by Crippen LogP contribution is -2.36. The molecule has 2 aromatic rings. The molecule has 0 bridgehead atoms. The predicted octanol–water partition coefficient (Wildman–Crippen LogP) is 2.16. The molecule has 23 heavy (non-hydrogen) atoms. The molecule has 2 saturated heterocycles. The average Bonchev–Trinajstić information content (AvgIpc) is 3.12. The van der Waals surface area contributed by atoms with Crippen molar-refractivity contribution in [1.29, 1.82) is 0 Å². The maximum atomic E-state index is 12.2. The molecule has 4 rings (SSSR count). The van der Waals surface area contributed by atoms with Crippen LogP contribution in [0.15, 0.2) is 29.6 Å². The minimum Gasteiger partial charge on any atom is -0.332 e. The molecular weight excluding hydrogens is 358 g/mol. The number of benzene rings is 1. The average molecular weight is 370 g/mol. The van der Waals surface area contributed by atoms with Crippen LogP contribution in [0.5, 0.6) is 0 Å². The molecule has 3 heterocycles. The van der Waals surface area contributed by atoms with Gasteiger partial charge in [-0.2, -0.15) is 0 Å². The highest BCUT2D eigenvalue weighted by atomic mass is 35.5. The molecule has 2 aliphatic rings. The maximum absolute atomic E-state index is 12.2. The first-order valence-corrected chi connectivity index (χ1v) is 10.0. The quantitative estimate of drug-likeness (QED) is 0.823. The van der Waals surface area contributed by atoms with Crippen LogP contribution in [0.3, 0.4) is 0 Å². The summed E-state index contributed by atoms with van der Waals surface area (Å²) >= 11 is 7.20. The summed E-state index contributed by atoms with van der Waals surface area (Å²) in [5.41, 5.74) is 1.63. The molecule has 1 N–H and O–H groups in total. The molecule has 2 fully saturated rings. The number of amides is 2. The molecule has 6 nitrogen and oxygen atoms in total. The lowest BCUT2D eigenvalue weighted by atomic mass is 10.2. The van der Waals surface area contributed by atoms with Crippen LogP contribution >= 0.6 is 22.9 Å². The second kappa shape index (κ2) is 5.19. The van der Waals surface area contributed by atoms with E-state index in [-0.39, 0.29) is 29.6 Å². The third kappa shape index (κ3) is 2.60. The maximum Gasteiger partial charge on any atom is 0.324 e. The third-order valence-electron chi connectivity index (χ3n) is 4.02. The molecule has 9 heteroatoms. The van der Waals surface area contributed by atoms with Crippen molar-refractivity contribution in [3.63, 3.8) is 0 Å². The SMILES string of the molecule is O=C1N[C@@H]2CS(=O)(=O)C[C@@H]2N1c1nc(-c2ccc(Cl)cc2)cs1. The fourth-order valence-corrected chi connectivity index (χ4v) is 5.86. The number of fused-ring (bicyclic) bond motifs is 1. The number of aromatic nitrogens is 1. The van der Waals surface area contributed by atoms with E-state index in [1.54, 1.807) is 12.1 Å². The zero-order chi connectivity index (χ0) is 16.2. The number of nitrogens with zero attached hydrogens (tertiary/aromatic N) is 2. The van der Waals surface area contributed by atoms with Gasteiger partial charge in [-0.1, -0.05) is 23.7 Å². The van der Waals surface area contributed by atoms with E-state index >= 15 is 0 Å². The molecule has 1 aromatic heterocycles. The van der Waals surface area contributed by atoms with Gasteiger partial charge in [0.2, 0.25) is 0 Å². The van der Waals surface area contributed by atoms with E-state index in [2.05, 4.69) is 10.3 Å². The fourth-order valence-electron chi connectivity index (χ4n) is 2.96. The van der Waals surface area contributed by atoms with Gasteiger partial charge in [0.1, 0.15) is 0 Å². The number of thiazole rings is 1. The van der Waals surface area contributed by atoms with Crippen LogP contribution in [0.4, 0.5) is 9.93 Å². The minimum absolute atomic E-state index is 0.00464. The van der Waals surface area contributed by atoms with E-state index < -0.39 is 9.84 Å². The summed E-state index contributed by atoms with van der Waals surface area (Å²) in [5.74, 6) is -0.0262. The first-order chi connectivity index (χ1) is 10.9. The third-order valence-corrected chi connectivity index (χ3v) is 6.83. The number of sulfone groups is 1. The van der Waals surface area contributed by atoms with E-state index in [9.17, 15) is 13.2 Å². The van der Waals surface area contributed by atoms with Gasteiger partial charge in [0.05, 0.1) is 29.3 Å². The number of hydrogen-bond acceptors (Lipinski definition) is 5. The van der Waals surface area contributed by atoms with Crippen molar-refractivity contribution in [1.82, 2.24) is 10.3 Å². The highest BCUT2D eigenvalue weighted by molar-refractivity contribution is 7.91. The van der Waals surface area contributed by atoms with Gasteiger partial charge in [0.25, 0.3) is 0 Å². The molecular formula is C14H12ClN3O3S2. The number of halogens is 1. The van der Waals surface area contributed by atoms with Crippen LogP contribution in [0.1, 0.15) is 0 Å². The number of carbonyl (C=O) groups excluding carboxylic acids is 1. The van der Waals surface area contributed by atoms with E-state index in [4.69, 9.17) is 11.6 Å². The summed E-state index contributed by atoms with van der Waals surface area (Å²) in [6.07, 6.45) is 0. The molecule has 120 valence electrons. The van der Waals surface area contributed by atoms with Crippen LogP contribution in [-0.2, 0) is 9.84 Å². The lowest BCUT2D eigenvalue weighted by Gasteiger charge is -2.17. The van der Waals surface area contributed by atoms with Crippen molar-refractivity contribution in [2.45, 2.75) is 12.1 Å². The summed E-state index contributed by atoms with van der Waals surface area (Å²) < 4.78 is 23.6. The predicted molar refractivity (Wildman–Crippen MR) is 89.8 cm³/mol. The van der Waals surface area contributed by atoms with Gasteiger partial charge in [-0.3, -0.25) is 4.90 Å². The van der Waals surface area contributed by atoms with E-state index in [1.807, 2.05) is 17.5 Å². The molecule has 2 aliphatic heterocycles. The van der Waals surface area contributed by atoms with Crippen molar-refractivity contribution in [2.75, 3.05) is 16.4 Å². The molecule has 0 saturated carbocycles. The molecule has 2 amide bonds. The fraction of sp³-hybridized carbons (Fsp3) is 0.286. The largest absolute Gasteiger partial charge is 0.332 e. The van der Waals surface area contributed by atoms with Crippen LogP contribution in [-0.4, -0.2) is 43.0 Å². The number of anilines is 1. The van der Waals surface area contributed by atoms with Gasteiger partial charge in [-0.05, 0) is 12.1 Å². The second-order valence-corrected chi connectivity index (χ2v) is 9.02. The van der Waals surface area contributed by atoms with Crippen LogP contribution in [0.2, 0.25) is 5.02 Å². The first-order valence-electron chi connectivity index (χ1n) is 6.94. The highest BCUT2D eigenvalue weighted by Crippen LogP contribution is 2.34. The molecule has 0 radical (unpaired) electrons. The summed E-state index contributed by atoms with van der Waals surface area (Å²) in [4.78, 5) is 18.1. The lowest BCUT2D eigenvalue weighted by molar-refractivity contribution is 0.251. The van der Waals surface area contributed by atoms with Gasteiger partial charge in [0, 0.05) is 16.0 Å². The number of urea groups is 1. The molecule has 1 aromatic carbocycles. The summed E-state index contributed by atoms with van der Waals surface area (Å²) in [6.45, 7) is 0. The Bertz CT molecular complexity index is 879. The number of hydrogen-bond donors (Lipinski definition) is 1. The highest BCUT2D eigenvalue weighted by Gasteiger charge is 2.50. The molecule has 0 spiro atoms. The molecule has 0 aliphatic carbocycles.